The molecule has 3 rings (SSSR count). The molecule has 2 aromatic rings. The number of carboxylic acid groups (broad SMARTS) is 1. The maximum Gasteiger partial charge on any atom is 0.307 e. The van der Waals surface area contributed by atoms with E-state index in [-0.39, 0.29) is 12.3 Å². The Balaban J connectivity index is 1.52. The molecule has 2 atom stereocenters. The summed E-state index contributed by atoms with van der Waals surface area (Å²) in [6.07, 6.45) is 6.88. The van der Waals surface area contributed by atoms with Crippen LogP contribution in [0.2, 0.25) is 0 Å². The van der Waals surface area contributed by atoms with Crippen LogP contribution in [0.5, 0.6) is 0 Å². The van der Waals surface area contributed by atoms with Crippen LogP contribution in [0.3, 0.4) is 0 Å². The fourth-order valence-corrected chi connectivity index (χ4v) is 4.94. The summed E-state index contributed by atoms with van der Waals surface area (Å²) in [6, 6.07) is 7.82. The van der Waals surface area contributed by atoms with E-state index >= 15 is 0 Å². The molecule has 5 nitrogen and oxygen atoms in total. The molecule has 0 fully saturated rings. The number of halogens is 3. The third-order valence-corrected chi connectivity index (χ3v) is 7.08. The second kappa shape index (κ2) is 13.7. The van der Waals surface area contributed by atoms with E-state index in [1.54, 1.807) is 12.3 Å². The number of carboxylic acids is 1. The fourth-order valence-electron chi connectivity index (χ4n) is 4.58. The van der Waals surface area contributed by atoms with Crippen molar-refractivity contribution in [3.8, 4) is 0 Å². The van der Waals surface area contributed by atoms with Crippen molar-refractivity contribution in [1.29, 1.82) is 0 Å². The Bertz CT molecular complexity index is 1020. The first kappa shape index (κ1) is 27.2. The second-order valence-corrected chi connectivity index (χ2v) is 10.1. The van der Waals surface area contributed by atoms with Crippen LogP contribution in [0.25, 0.3) is 0 Å². The average Bonchev–Trinajstić information content (AvgIpc) is 2.83. The Morgan fingerprint density at radius 3 is 2.86 bits per heavy atom. The minimum atomic E-state index is -2.41. The molecule has 8 heteroatoms. The number of anilines is 1. The molecule has 2 aromatic heterocycles. The molecule has 0 saturated carbocycles. The Morgan fingerprint density at radius 1 is 1.29 bits per heavy atom. The van der Waals surface area contributed by atoms with E-state index in [1.165, 1.54) is 5.56 Å². The molecule has 1 aliphatic rings. The number of nitrogens with one attached hydrogen (secondary N) is 1. The number of hydrogen-bond donors (Lipinski definition) is 2. The molecular weight excluding hydrogens is 516 g/mol. The Hall–Kier alpha value is -2.35. The number of aromatic nitrogens is 2. The van der Waals surface area contributed by atoms with Gasteiger partial charge in [-0.2, -0.15) is 0 Å². The van der Waals surface area contributed by atoms with Gasteiger partial charge in [-0.15, -0.1) is 0 Å². The fraction of sp³-hybridized carbons (Fsp3) is 0.519. The SMILES string of the molecule is CC(c1cc(Br)ccn1)[C@@H](CC/C=C(/CCCCc1ccc2c(n1)NCCC2)CC(F)F)C(=O)O. The van der Waals surface area contributed by atoms with Gasteiger partial charge in [0.1, 0.15) is 5.82 Å². The quantitative estimate of drug-likeness (QED) is 0.204. The van der Waals surface area contributed by atoms with Crippen molar-refractivity contribution in [2.75, 3.05) is 11.9 Å². The number of hydrogen-bond acceptors (Lipinski definition) is 4. The molecule has 0 amide bonds. The zero-order valence-electron chi connectivity index (χ0n) is 20.2. The van der Waals surface area contributed by atoms with Gasteiger partial charge in [0.25, 0.3) is 0 Å². The molecule has 1 unspecified atom stereocenters. The molecule has 2 N–H and O–H groups in total. The maximum atomic E-state index is 13.2. The maximum absolute atomic E-state index is 13.2. The van der Waals surface area contributed by atoms with Gasteiger partial charge in [-0.3, -0.25) is 9.78 Å². The lowest BCUT2D eigenvalue weighted by Gasteiger charge is -2.19. The van der Waals surface area contributed by atoms with E-state index < -0.39 is 18.3 Å². The molecular formula is C27H34BrF2N3O2. The number of fused-ring (bicyclic) bond motifs is 1. The van der Waals surface area contributed by atoms with E-state index in [4.69, 9.17) is 4.98 Å². The summed E-state index contributed by atoms with van der Waals surface area (Å²) in [5, 5.41) is 13.1. The standard InChI is InChI=1S/C27H34BrF2N3O2/c1-18(24-17-21(28)13-15-31-24)23(27(34)35)10-4-7-19(16-25(29)30)6-2-3-9-22-12-11-20-8-5-14-32-26(20)33-22/h7,11-13,15,17-18,23,25H,2-6,8-10,14,16H2,1H3,(H,32,33)(H,34,35)/b19-7-/t18?,23-/m1/s1. The van der Waals surface area contributed by atoms with Crippen LogP contribution in [0.15, 0.2) is 46.6 Å². The summed E-state index contributed by atoms with van der Waals surface area (Å²) in [6.45, 7) is 2.80. The molecule has 1 aliphatic heterocycles. The number of allylic oxidation sites excluding steroid dienone is 2. The molecule has 3 heterocycles. The van der Waals surface area contributed by atoms with Gasteiger partial charge in [0.05, 0.1) is 5.92 Å². The van der Waals surface area contributed by atoms with Crippen molar-refractivity contribution in [2.45, 2.75) is 77.1 Å². The monoisotopic (exact) mass is 549 g/mol. The normalized spacial score (nSPS) is 15.4. The molecule has 0 aromatic carbocycles. The van der Waals surface area contributed by atoms with Gasteiger partial charge < -0.3 is 10.4 Å². The van der Waals surface area contributed by atoms with Crippen LogP contribution >= 0.6 is 15.9 Å². The van der Waals surface area contributed by atoms with Crippen LogP contribution in [0.4, 0.5) is 14.6 Å². The average molecular weight is 550 g/mol. The smallest absolute Gasteiger partial charge is 0.307 e. The molecule has 190 valence electrons. The Labute approximate surface area is 214 Å². The summed E-state index contributed by atoms with van der Waals surface area (Å²) < 4.78 is 27.2. The summed E-state index contributed by atoms with van der Waals surface area (Å²) in [5.74, 6) is -0.831. The predicted octanol–water partition coefficient (Wildman–Crippen LogP) is 7.18. The van der Waals surface area contributed by atoms with Crippen LogP contribution in [-0.2, 0) is 17.6 Å². The van der Waals surface area contributed by atoms with Crippen molar-refractivity contribution in [3.05, 3.63) is 63.5 Å². The lowest BCUT2D eigenvalue weighted by atomic mass is 9.86. The van der Waals surface area contributed by atoms with E-state index in [0.29, 0.717) is 30.5 Å². The van der Waals surface area contributed by atoms with Crippen molar-refractivity contribution in [2.24, 2.45) is 5.92 Å². The van der Waals surface area contributed by atoms with Crippen molar-refractivity contribution in [3.63, 3.8) is 0 Å². The minimum Gasteiger partial charge on any atom is -0.481 e. The van der Waals surface area contributed by atoms with Gasteiger partial charge in [0.2, 0.25) is 6.43 Å². The van der Waals surface area contributed by atoms with Crippen molar-refractivity contribution in [1.82, 2.24) is 9.97 Å². The number of carbonyl (C=O) groups is 1. The van der Waals surface area contributed by atoms with E-state index in [1.807, 2.05) is 19.1 Å². The Kier molecular flexibility index (Phi) is 10.6. The highest BCUT2D eigenvalue weighted by molar-refractivity contribution is 9.10. The number of nitrogens with zero attached hydrogens (tertiary/aromatic N) is 2. The third-order valence-electron chi connectivity index (χ3n) is 6.59. The van der Waals surface area contributed by atoms with Crippen molar-refractivity contribution < 1.29 is 18.7 Å². The zero-order valence-corrected chi connectivity index (χ0v) is 21.7. The van der Waals surface area contributed by atoms with Gasteiger partial charge in [0, 0.05) is 40.9 Å². The lowest BCUT2D eigenvalue weighted by Crippen LogP contribution is -2.21. The number of aliphatic carboxylic acids is 1. The molecule has 0 aliphatic carbocycles. The van der Waals surface area contributed by atoms with Crippen LogP contribution in [-0.4, -0.2) is 34.0 Å². The largest absolute Gasteiger partial charge is 0.481 e. The number of unbranched alkanes of at least 4 members (excludes halogenated alkanes) is 1. The van der Waals surface area contributed by atoms with Gasteiger partial charge in [0.15, 0.2) is 0 Å². The minimum absolute atomic E-state index is 0.262. The molecule has 35 heavy (non-hydrogen) atoms. The van der Waals surface area contributed by atoms with Crippen molar-refractivity contribution >= 4 is 27.7 Å². The third kappa shape index (κ3) is 8.67. The van der Waals surface area contributed by atoms with E-state index in [9.17, 15) is 18.7 Å². The zero-order chi connectivity index (χ0) is 25.2. The van der Waals surface area contributed by atoms with Crippen LogP contribution < -0.4 is 5.32 Å². The summed E-state index contributed by atoms with van der Waals surface area (Å²) >= 11 is 3.40. The number of aryl methyl sites for hydroxylation is 2. The molecule has 0 saturated heterocycles. The highest BCUT2D eigenvalue weighted by Gasteiger charge is 2.26. The first-order valence-corrected chi connectivity index (χ1v) is 13.2. The first-order valence-electron chi connectivity index (χ1n) is 12.4. The Morgan fingerprint density at radius 2 is 2.11 bits per heavy atom. The van der Waals surface area contributed by atoms with Crippen LogP contribution in [0.1, 0.15) is 74.7 Å². The molecule has 0 spiro atoms. The molecule has 0 bridgehead atoms. The summed E-state index contributed by atoms with van der Waals surface area (Å²) in [5.41, 5.74) is 3.69. The highest BCUT2D eigenvalue weighted by atomic mass is 79.9. The van der Waals surface area contributed by atoms with E-state index in [2.05, 4.69) is 38.4 Å². The van der Waals surface area contributed by atoms with Gasteiger partial charge in [-0.1, -0.05) is 40.6 Å². The summed E-state index contributed by atoms with van der Waals surface area (Å²) in [4.78, 5) is 20.9. The number of alkyl halides is 2. The topological polar surface area (TPSA) is 75.1 Å². The van der Waals surface area contributed by atoms with Gasteiger partial charge in [-0.25, -0.2) is 13.8 Å². The van der Waals surface area contributed by atoms with Gasteiger partial charge >= 0.3 is 5.97 Å². The van der Waals surface area contributed by atoms with E-state index in [0.717, 1.165) is 54.6 Å². The molecule has 0 radical (unpaired) electrons. The number of rotatable bonds is 13. The van der Waals surface area contributed by atoms with Gasteiger partial charge in [-0.05, 0) is 75.1 Å². The second-order valence-electron chi connectivity index (χ2n) is 9.22. The predicted molar refractivity (Wildman–Crippen MR) is 138 cm³/mol. The number of pyridine rings is 2. The lowest BCUT2D eigenvalue weighted by molar-refractivity contribution is -0.142. The van der Waals surface area contributed by atoms with Crippen LogP contribution in [0, 0.1) is 5.92 Å². The summed E-state index contributed by atoms with van der Waals surface area (Å²) in [7, 11) is 0. The first-order chi connectivity index (χ1) is 16.8. The highest BCUT2D eigenvalue weighted by Crippen LogP contribution is 2.29.